The average molecular weight is 453 g/mol. The number of carbonyl (C=O) groups excluding carboxylic acids is 1. The number of carboxylic acids is 1. The van der Waals surface area contributed by atoms with Crippen molar-refractivity contribution in [2.75, 3.05) is 24.6 Å². The average Bonchev–Trinajstić information content (AvgIpc) is 2.83. The van der Waals surface area contributed by atoms with Crippen molar-refractivity contribution in [1.29, 1.82) is 0 Å². The van der Waals surface area contributed by atoms with Gasteiger partial charge in [0.25, 0.3) is 0 Å². The Balaban J connectivity index is 1.70. The first-order chi connectivity index (χ1) is 16.0. The minimum absolute atomic E-state index is 0.0315. The molecule has 3 rings (SSSR count). The molecule has 0 saturated carbocycles. The molecule has 2 aromatic rings. The second-order valence-corrected chi connectivity index (χ2v) is 8.58. The summed E-state index contributed by atoms with van der Waals surface area (Å²) in [5.41, 5.74) is 4.11. The Kier molecular flexibility index (Phi) is 9.16. The van der Waals surface area contributed by atoms with Crippen LogP contribution >= 0.6 is 0 Å². The molecule has 0 aromatic heterocycles. The van der Waals surface area contributed by atoms with Crippen LogP contribution in [0.1, 0.15) is 68.7 Å². The van der Waals surface area contributed by atoms with Gasteiger partial charge in [0.05, 0.1) is 19.1 Å². The molecular formula is C27H36N2O4. The van der Waals surface area contributed by atoms with Crippen LogP contribution in [0.25, 0.3) is 0 Å². The van der Waals surface area contributed by atoms with Crippen LogP contribution in [0.5, 0.6) is 5.75 Å². The molecule has 0 aliphatic carbocycles. The summed E-state index contributed by atoms with van der Waals surface area (Å²) in [6.45, 7) is 6.61. The molecule has 33 heavy (non-hydrogen) atoms. The predicted octanol–water partition coefficient (Wildman–Crippen LogP) is 4.90. The molecule has 178 valence electrons. The Bertz CT molecular complexity index is 937. The summed E-state index contributed by atoms with van der Waals surface area (Å²) in [6, 6.07) is 14.0. The summed E-state index contributed by atoms with van der Waals surface area (Å²) >= 11 is 0. The maximum atomic E-state index is 13.0. The Morgan fingerprint density at radius 3 is 2.55 bits per heavy atom. The monoisotopic (exact) mass is 452 g/mol. The van der Waals surface area contributed by atoms with Gasteiger partial charge < -0.3 is 20.1 Å². The number of benzene rings is 2. The summed E-state index contributed by atoms with van der Waals surface area (Å²) in [4.78, 5) is 26.3. The number of aliphatic carboxylic acids is 1. The number of carbonyl (C=O) groups is 2. The predicted molar refractivity (Wildman–Crippen MR) is 131 cm³/mol. The molecule has 1 heterocycles. The second-order valence-electron chi connectivity index (χ2n) is 8.58. The lowest BCUT2D eigenvalue weighted by molar-refractivity contribution is -0.137. The van der Waals surface area contributed by atoms with E-state index in [0.717, 1.165) is 30.6 Å². The number of rotatable bonds is 11. The molecule has 1 atom stereocenters. The third-order valence-electron chi connectivity index (χ3n) is 6.16. The van der Waals surface area contributed by atoms with Crippen LogP contribution in [0.15, 0.2) is 42.5 Å². The number of nitrogens with zero attached hydrogens (tertiary/aromatic N) is 1. The molecule has 1 saturated heterocycles. The molecule has 1 fully saturated rings. The van der Waals surface area contributed by atoms with Crippen molar-refractivity contribution in [2.45, 2.75) is 64.8 Å². The van der Waals surface area contributed by atoms with Gasteiger partial charge in [0.2, 0.25) is 5.91 Å². The highest BCUT2D eigenvalue weighted by Gasteiger charge is 2.21. The van der Waals surface area contributed by atoms with Gasteiger partial charge >= 0.3 is 5.97 Å². The van der Waals surface area contributed by atoms with E-state index in [2.05, 4.69) is 35.3 Å². The molecule has 2 aromatic carbocycles. The molecule has 6 nitrogen and oxygen atoms in total. The zero-order valence-corrected chi connectivity index (χ0v) is 19.8. The van der Waals surface area contributed by atoms with Crippen LogP contribution in [0.3, 0.4) is 0 Å². The van der Waals surface area contributed by atoms with E-state index in [1.807, 2.05) is 31.2 Å². The smallest absolute Gasteiger partial charge is 0.303 e. The van der Waals surface area contributed by atoms with E-state index in [9.17, 15) is 9.59 Å². The molecule has 0 radical (unpaired) electrons. The Morgan fingerprint density at radius 2 is 1.85 bits per heavy atom. The minimum atomic E-state index is -0.837. The van der Waals surface area contributed by atoms with Gasteiger partial charge in [0.15, 0.2) is 0 Å². The van der Waals surface area contributed by atoms with Crippen LogP contribution in [-0.2, 0) is 22.4 Å². The Morgan fingerprint density at radius 1 is 1.09 bits per heavy atom. The standard InChI is InChI=1S/C27H36N2O4/c1-3-23(22-10-6-7-11-24(22)29-16-8-5-9-17-29)28-26(30)19-20-12-13-21(14-15-27(31)32)25(18-20)33-4-2/h6-7,10-13,18,23H,3-5,8-9,14-17,19H2,1-2H3,(H,28,30)(H,31,32). The highest BCUT2D eigenvalue weighted by molar-refractivity contribution is 5.79. The molecule has 0 spiro atoms. The van der Waals surface area contributed by atoms with Gasteiger partial charge in [-0.15, -0.1) is 0 Å². The highest BCUT2D eigenvalue weighted by Crippen LogP contribution is 2.30. The van der Waals surface area contributed by atoms with Gasteiger partial charge in [-0.1, -0.05) is 37.3 Å². The second kappa shape index (κ2) is 12.3. The number of hydrogen-bond acceptors (Lipinski definition) is 4. The van der Waals surface area contributed by atoms with Crippen molar-refractivity contribution >= 4 is 17.6 Å². The fourth-order valence-corrected chi connectivity index (χ4v) is 4.48. The van der Waals surface area contributed by atoms with Crippen LogP contribution in [0, 0.1) is 0 Å². The lowest BCUT2D eigenvalue weighted by Crippen LogP contribution is -2.34. The third kappa shape index (κ3) is 6.98. The van der Waals surface area contributed by atoms with Gasteiger partial charge in [-0.05, 0) is 67.9 Å². The fourth-order valence-electron chi connectivity index (χ4n) is 4.48. The van der Waals surface area contributed by atoms with Gasteiger partial charge in [0, 0.05) is 25.2 Å². The molecule has 6 heteroatoms. The first kappa shape index (κ1) is 24.6. The van der Waals surface area contributed by atoms with E-state index in [1.165, 1.54) is 30.5 Å². The Labute approximate surface area is 196 Å². The summed E-state index contributed by atoms with van der Waals surface area (Å²) in [5.74, 6) is -0.209. The molecular weight excluding hydrogens is 416 g/mol. The SMILES string of the molecule is CCOc1cc(CC(=O)NC(CC)c2ccccc2N2CCCCC2)ccc1CCC(=O)O. The van der Waals surface area contributed by atoms with E-state index < -0.39 is 5.97 Å². The van der Waals surface area contributed by atoms with Crippen LogP contribution in [-0.4, -0.2) is 36.7 Å². The van der Waals surface area contributed by atoms with Crippen molar-refractivity contribution in [3.8, 4) is 5.75 Å². The molecule has 0 bridgehead atoms. The number of hydrogen-bond donors (Lipinski definition) is 2. The van der Waals surface area contributed by atoms with Crippen LogP contribution in [0.4, 0.5) is 5.69 Å². The van der Waals surface area contributed by atoms with Gasteiger partial charge in [0.1, 0.15) is 5.75 Å². The van der Waals surface area contributed by atoms with E-state index in [0.29, 0.717) is 18.8 Å². The first-order valence-electron chi connectivity index (χ1n) is 12.1. The van der Waals surface area contributed by atoms with E-state index in [-0.39, 0.29) is 24.8 Å². The summed E-state index contributed by atoms with van der Waals surface area (Å²) in [6.07, 6.45) is 5.23. The minimum Gasteiger partial charge on any atom is -0.494 e. The summed E-state index contributed by atoms with van der Waals surface area (Å²) in [5, 5.41) is 12.2. The number of ether oxygens (including phenoxy) is 1. The lowest BCUT2D eigenvalue weighted by atomic mass is 9.99. The molecule has 1 amide bonds. The summed E-state index contributed by atoms with van der Waals surface area (Å²) in [7, 11) is 0. The van der Waals surface area contributed by atoms with E-state index in [4.69, 9.17) is 9.84 Å². The number of aryl methyl sites for hydroxylation is 1. The number of carboxylic acid groups (broad SMARTS) is 1. The van der Waals surface area contributed by atoms with Crippen LogP contribution < -0.4 is 15.0 Å². The molecule has 1 aliphatic rings. The van der Waals surface area contributed by atoms with Gasteiger partial charge in [-0.25, -0.2) is 0 Å². The largest absolute Gasteiger partial charge is 0.494 e. The van der Waals surface area contributed by atoms with Crippen molar-refractivity contribution in [3.63, 3.8) is 0 Å². The molecule has 1 aliphatic heterocycles. The summed E-state index contributed by atoms with van der Waals surface area (Å²) < 4.78 is 5.72. The number of amides is 1. The molecule has 2 N–H and O–H groups in total. The van der Waals surface area contributed by atoms with Crippen molar-refractivity contribution < 1.29 is 19.4 Å². The van der Waals surface area contributed by atoms with Crippen molar-refractivity contribution in [1.82, 2.24) is 5.32 Å². The maximum Gasteiger partial charge on any atom is 0.303 e. The lowest BCUT2D eigenvalue weighted by Gasteiger charge is -2.32. The van der Waals surface area contributed by atoms with Crippen molar-refractivity contribution in [3.05, 3.63) is 59.2 Å². The van der Waals surface area contributed by atoms with Crippen molar-refractivity contribution in [2.24, 2.45) is 0 Å². The normalized spacial score (nSPS) is 14.5. The topological polar surface area (TPSA) is 78.9 Å². The first-order valence-corrected chi connectivity index (χ1v) is 12.1. The highest BCUT2D eigenvalue weighted by atomic mass is 16.5. The number of piperidine rings is 1. The zero-order valence-electron chi connectivity index (χ0n) is 19.8. The van der Waals surface area contributed by atoms with E-state index in [1.54, 1.807) is 0 Å². The number of anilines is 1. The number of nitrogens with one attached hydrogen (secondary N) is 1. The zero-order chi connectivity index (χ0) is 23.6. The third-order valence-corrected chi connectivity index (χ3v) is 6.16. The number of para-hydroxylation sites is 1. The quantitative estimate of drug-likeness (QED) is 0.507. The Hall–Kier alpha value is -3.02. The fraction of sp³-hybridized carbons (Fsp3) is 0.481. The van der Waals surface area contributed by atoms with Gasteiger partial charge in [-0.2, -0.15) is 0 Å². The van der Waals surface area contributed by atoms with Gasteiger partial charge in [-0.3, -0.25) is 9.59 Å². The maximum absolute atomic E-state index is 13.0. The molecule has 1 unspecified atom stereocenters. The van der Waals surface area contributed by atoms with Crippen LogP contribution in [0.2, 0.25) is 0 Å². The van der Waals surface area contributed by atoms with E-state index >= 15 is 0 Å².